The monoisotopic (exact) mass is 731 g/mol. The lowest BCUT2D eigenvalue weighted by Gasteiger charge is -2.10. The fourth-order valence-corrected chi connectivity index (χ4v) is 8.19. The molecule has 0 unspecified atom stereocenters. The maximum Gasteiger partial charge on any atom is 0.164 e. The Labute approximate surface area is 325 Å². The molecule has 266 valence electrons. The zero-order valence-corrected chi connectivity index (χ0v) is 30.3. The average molecular weight is 732 g/mol. The van der Waals surface area contributed by atoms with Crippen molar-refractivity contribution in [2.24, 2.45) is 0 Å². The molecule has 0 atom stereocenters. The van der Waals surface area contributed by atoms with E-state index in [4.69, 9.17) is 28.2 Å². The van der Waals surface area contributed by atoms with Crippen LogP contribution in [0.3, 0.4) is 0 Å². The van der Waals surface area contributed by atoms with Crippen LogP contribution < -0.4 is 0 Å². The minimum atomic E-state index is 0.541. The number of para-hydroxylation sites is 2. The van der Waals surface area contributed by atoms with E-state index in [2.05, 4.69) is 97.1 Å². The van der Waals surface area contributed by atoms with E-state index in [1.165, 1.54) is 0 Å². The van der Waals surface area contributed by atoms with E-state index >= 15 is 0 Å². The molecule has 0 aliphatic heterocycles. The lowest BCUT2D eigenvalue weighted by atomic mass is 9.99. The highest BCUT2D eigenvalue weighted by atomic mass is 16.3. The normalized spacial score (nSPS) is 11.9. The van der Waals surface area contributed by atoms with Crippen LogP contribution in [0.15, 0.2) is 189 Å². The molecule has 12 rings (SSSR count). The number of furan rings is 3. The van der Waals surface area contributed by atoms with E-state index in [-0.39, 0.29) is 0 Å². The van der Waals surface area contributed by atoms with Crippen molar-refractivity contribution >= 4 is 65.8 Å². The Morgan fingerprint density at radius 1 is 0.263 bits per heavy atom. The Bertz CT molecular complexity index is 3540. The van der Waals surface area contributed by atoms with Crippen LogP contribution in [0.4, 0.5) is 0 Å². The molecule has 0 fully saturated rings. The summed E-state index contributed by atoms with van der Waals surface area (Å²) >= 11 is 0. The molecule has 57 heavy (non-hydrogen) atoms. The molecule has 0 bridgehead atoms. The van der Waals surface area contributed by atoms with Crippen molar-refractivity contribution in [3.8, 4) is 56.4 Å². The maximum atomic E-state index is 6.51. The molecule has 0 aliphatic carbocycles. The topological polar surface area (TPSA) is 78.1 Å². The maximum absolute atomic E-state index is 6.51. The van der Waals surface area contributed by atoms with E-state index in [9.17, 15) is 0 Å². The van der Waals surface area contributed by atoms with E-state index < -0.39 is 0 Å². The Morgan fingerprint density at radius 2 is 0.684 bits per heavy atom. The van der Waals surface area contributed by atoms with Gasteiger partial charge in [0.25, 0.3) is 0 Å². The lowest BCUT2D eigenvalue weighted by Crippen LogP contribution is -2.00. The molecular weight excluding hydrogens is 703 g/mol. The number of benzene rings is 8. The number of nitrogens with zero attached hydrogens (tertiary/aromatic N) is 3. The van der Waals surface area contributed by atoms with Crippen molar-refractivity contribution in [1.82, 2.24) is 15.0 Å². The Morgan fingerprint density at radius 3 is 1.35 bits per heavy atom. The van der Waals surface area contributed by atoms with Crippen LogP contribution >= 0.6 is 0 Å². The minimum absolute atomic E-state index is 0.541. The van der Waals surface area contributed by atoms with Gasteiger partial charge in [-0.05, 0) is 82.9 Å². The van der Waals surface area contributed by atoms with Crippen LogP contribution in [0.5, 0.6) is 0 Å². The van der Waals surface area contributed by atoms with Crippen molar-refractivity contribution in [3.05, 3.63) is 176 Å². The highest BCUT2D eigenvalue weighted by Crippen LogP contribution is 2.39. The fraction of sp³-hybridized carbons (Fsp3) is 0. The van der Waals surface area contributed by atoms with Gasteiger partial charge in [0.05, 0.1) is 0 Å². The molecule has 8 aromatic carbocycles. The predicted octanol–water partition coefficient (Wildman–Crippen LogP) is 13.9. The van der Waals surface area contributed by atoms with Crippen LogP contribution in [0.1, 0.15) is 0 Å². The van der Waals surface area contributed by atoms with Gasteiger partial charge in [-0.1, -0.05) is 115 Å². The van der Waals surface area contributed by atoms with E-state index in [1.807, 2.05) is 78.9 Å². The Hall–Kier alpha value is -7.83. The summed E-state index contributed by atoms with van der Waals surface area (Å²) in [7, 11) is 0. The minimum Gasteiger partial charge on any atom is -0.456 e. The van der Waals surface area contributed by atoms with Gasteiger partial charge >= 0.3 is 0 Å². The highest BCUT2D eigenvalue weighted by Gasteiger charge is 2.18. The Balaban J connectivity index is 1.01. The highest BCUT2D eigenvalue weighted by molar-refractivity contribution is 6.13. The van der Waals surface area contributed by atoms with Gasteiger partial charge in [0.1, 0.15) is 33.5 Å². The SMILES string of the molecule is c1ccc(-c2cccc3oc4cc(-c5nc(-c6cccc(-c7ccc8c(c7)oc7ccccc78)c6)nc(-c6ccc7c(c6)oc6ccccc67)n5)ccc4c23)cc1. The van der Waals surface area contributed by atoms with Gasteiger partial charge < -0.3 is 13.3 Å². The zero-order valence-electron chi connectivity index (χ0n) is 30.3. The summed E-state index contributed by atoms with van der Waals surface area (Å²) in [5.41, 5.74) is 11.8. The van der Waals surface area contributed by atoms with Crippen molar-refractivity contribution in [2.45, 2.75) is 0 Å². The van der Waals surface area contributed by atoms with Gasteiger partial charge in [0, 0.05) is 49.0 Å². The quantitative estimate of drug-likeness (QED) is 0.175. The first-order chi connectivity index (χ1) is 28.2. The third-order valence-electron chi connectivity index (χ3n) is 10.9. The van der Waals surface area contributed by atoms with Gasteiger partial charge in [-0.3, -0.25) is 0 Å². The van der Waals surface area contributed by atoms with Gasteiger partial charge in [-0.2, -0.15) is 0 Å². The average Bonchev–Trinajstić information content (AvgIpc) is 3.97. The van der Waals surface area contributed by atoms with Gasteiger partial charge in [0.2, 0.25) is 0 Å². The van der Waals surface area contributed by atoms with Crippen molar-refractivity contribution in [1.29, 1.82) is 0 Å². The Kier molecular flexibility index (Phi) is 6.83. The molecule has 0 saturated carbocycles. The van der Waals surface area contributed by atoms with Crippen LogP contribution in [0.25, 0.3) is 122 Å². The largest absolute Gasteiger partial charge is 0.456 e. The summed E-state index contributed by atoms with van der Waals surface area (Å²) in [6.07, 6.45) is 0. The summed E-state index contributed by atoms with van der Waals surface area (Å²) in [6, 6.07) is 59.9. The van der Waals surface area contributed by atoms with Crippen molar-refractivity contribution < 1.29 is 13.3 Å². The molecule has 0 saturated heterocycles. The first-order valence-electron chi connectivity index (χ1n) is 18.9. The predicted molar refractivity (Wildman–Crippen MR) is 229 cm³/mol. The lowest BCUT2D eigenvalue weighted by molar-refractivity contribution is 0.668. The van der Waals surface area contributed by atoms with Crippen LogP contribution in [0.2, 0.25) is 0 Å². The number of rotatable bonds is 5. The van der Waals surface area contributed by atoms with Crippen LogP contribution in [0, 0.1) is 0 Å². The molecule has 6 heteroatoms. The van der Waals surface area contributed by atoms with Gasteiger partial charge in [-0.15, -0.1) is 0 Å². The third-order valence-corrected chi connectivity index (χ3v) is 10.9. The van der Waals surface area contributed by atoms with Gasteiger partial charge in [-0.25, -0.2) is 15.0 Å². The summed E-state index contributed by atoms with van der Waals surface area (Å²) < 4.78 is 19.0. The second kappa shape index (κ2) is 12.3. The molecule has 6 nitrogen and oxygen atoms in total. The van der Waals surface area contributed by atoms with E-state index in [1.54, 1.807) is 0 Å². The fourth-order valence-electron chi connectivity index (χ4n) is 8.19. The smallest absolute Gasteiger partial charge is 0.164 e. The molecule has 0 spiro atoms. The van der Waals surface area contributed by atoms with E-state index in [0.29, 0.717) is 17.5 Å². The summed E-state index contributed by atoms with van der Waals surface area (Å²) in [4.78, 5) is 15.3. The molecular formula is C51H29N3O3. The molecule has 0 radical (unpaired) electrons. The molecule has 4 heterocycles. The van der Waals surface area contributed by atoms with Crippen LogP contribution in [-0.2, 0) is 0 Å². The number of hydrogen-bond donors (Lipinski definition) is 0. The second-order valence-corrected chi connectivity index (χ2v) is 14.4. The molecule has 0 N–H and O–H groups in total. The number of fused-ring (bicyclic) bond motifs is 9. The van der Waals surface area contributed by atoms with Crippen LogP contribution in [-0.4, -0.2) is 15.0 Å². The van der Waals surface area contributed by atoms with Crippen molar-refractivity contribution in [3.63, 3.8) is 0 Å². The summed E-state index contributed by atoms with van der Waals surface area (Å²) in [5, 5.41) is 6.44. The summed E-state index contributed by atoms with van der Waals surface area (Å²) in [5.74, 6) is 1.64. The first-order valence-corrected chi connectivity index (χ1v) is 18.9. The molecule has 12 aromatic rings. The summed E-state index contributed by atoms with van der Waals surface area (Å²) in [6.45, 7) is 0. The van der Waals surface area contributed by atoms with Crippen molar-refractivity contribution in [2.75, 3.05) is 0 Å². The van der Waals surface area contributed by atoms with Gasteiger partial charge in [0.15, 0.2) is 17.5 Å². The standard InChI is InChI=1S/C51H29N3O3/c1-2-10-30(11-3-1)36-16-9-19-44-48(36)41-25-22-35(29-47(41)57-44)51-53-49(52-50(54-51)34-21-24-40-38-15-5-7-18-43(38)56-46(40)28-34)33-13-8-12-31(26-33)32-20-23-39-37-14-4-6-17-42(37)55-45(39)27-32/h1-29H. The molecule has 0 aliphatic rings. The zero-order chi connectivity index (χ0) is 37.5. The number of hydrogen-bond acceptors (Lipinski definition) is 6. The second-order valence-electron chi connectivity index (χ2n) is 14.4. The van der Waals surface area contributed by atoms with E-state index in [0.717, 1.165) is 105 Å². The number of aromatic nitrogens is 3. The molecule has 0 amide bonds. The first kappa shape index (κ1) is 31.5. The molecule has 4 aromatic heterocycles. The third kappa shape index (κ3) is 5.15.